The van der Waals surface area contributed by atoms with Crippen LogP contribution in [0.5, 0.6) is 0 Å². The number of unbranched alkanes of at least 4 members (excludes halogenated alkanes) is 2. The van der Waals surface area contributed by atoms with Crippen LogP contribution < -0.4 is 0 Å². The molecule has 0 aromatic carbocycles. The molecule has 0 saturated carbocycles. The third-order valence-corrected chi connectivity index (χ3v) is 4.39. The molecule has 0 aromatic heterocycles. The van der Waals surface area contributed by atoms with Crippen molar-refractivity contribution >= 4 is 11.9 Å². The van der Waals surface area contributed by atoms with Gasteiger partial charge in [0.15, 0.2) is 0 Å². The number of carboxylic acids is 2. The summed E-state index contributed by atoms with van der Waals surface area (Å²) in [7, 11) is 0. The highest BCUT2D eigenvalue weighted by atomic mass is 16.4. The van der Waals surface area contributed by atoms with E-state index in [0.717, 1.165) is 0 Å². The first-order chi connectivity index (χ1) is 13.3. The molecule has 148 valence electrons. The Morgan fingerprint density at radius 3 is 1.25 bits per heavy atom. The second kappa shape index (κ2) is 11.3. The van der Waals surface area contributed by atoms with Crippen molar-refractivity contribution in [3.63, 3.8) is 0 Å². The van der Waals surface area contributed by atoms with E-state index in [2.05, 4.69) is 10.2 Å². The Balaban J connectivity index is 6.27. The second-order valence-corrected chi connectivity index (χ2v) is 6.22. The van der Waals surface area contributed by atoms with Crippen molar-refractivity contribution in [2.45, 2.75) is 64.5 Å². The van der Waals surface area contributed by atoms with Crippen LogP contribution in [0.2, 0.25) is 0 Å². The summed E-state index contributed by atoms with van der Waals surface area (Å²) in [5.41, 5.74) is -5.00. The van der Waals surface area contributed by atoms with E-state index >= 15 is 0 Å². The Hall–Kier alpha value is -3.50. The topological polar surface area (TPSA) is 194 Å². The maximum atomic E-state index is 11.6. The fourth-order valence-electron chi connectivity index (χ4n) is 2.50. The van der Waals surface area contributed by atoms with Crippen LogP contribution in [0.25, 0.3) is 0 Å². The van der Waals surface area contributed by atoms with Crippen molar-refractivity contribution in [1.82, 2.24) is 0 Å². The van der Waals surface area contributed by atoms with Gasteiger partial charge >= 0.3 is 11.9 Å². The van der Waals surface area contributed by atoms with Gasteiger partial charge in [0.25, 0.3) is 10.8 Å². The van der Waals surface area contributed by atoms with Gasteiger partial charge in [-0.3, -0.25) is 0 Å². The van der Waals surface area contributed by atoms with Gasteiger partial charge in [0.2, 0.25) is 0 Å². The molecule has 0 saturated heterocycles. The second-order valence-electron chi connectivity index (χ2n) is 6.22. The van der Waals surface area contributed by atoms with Crippen LogP contribution in [-0.2, 0) is 9.59 Å². The Labute approximate surface area is 163 Å². The van der Waals surface area contributed by atoms with Crippen LogP contribution in [0.3, 0.4) is 0 Å². The number of hydrogen-bond acceptors (Lipinski definition) is 8. The molecule has 28 heavy (non-hydrogen) atoms. The standard InChI is InChI=1S/C18H22N6O4/c1-3-5-7-13(17(9-19,10-20)15(25)26)23-24-14(8-6-4-2)18(11-21,12-22)16(27)28/h13-14H,3-8H2,1-2H3,(H,25,26)(H,27,28). The molecule has 0 aliphatic heterocycles. The molecule has 2 unspecified atom stereocenters. The number of azo groups is 1. The highest BCUT2D eigenvalue weighted by Gasteiger charge is 2.50. The number of carboxylic acid groups (broad SMARTS) is 2. The Bertz CT molecular complexity index is 673. The van der Waals surface area contributed by atoms with E-state index in [1.165, 1.54) is 24.3 Å². The van der Waals surface area contributed by atoms with Gasteiger partial charge in [-0.25, -0.2) is 9.59 Å². The molecule has 10 heteroatoms. The largest absolute Gasteiger partial charge is 0.479 e. The Morgan fingerprint density at radius 1 is 0.786 bits per heavy atom. The maximum absolute atomic E-state index is 11.6. The first-order valence-corrected chi connectivity index (χ1v) is 8.77. The van der Waals surface area contributed by atoms with Gasteiger partial charge in [-0.05, 0) is 12.8 Å². The average Bonchev–Trinajstić information content (AvgIpc) is 2.68. The van der Waals surface area contributed by atoms with E-state index in [9.17, 15) is 40.8 Å². The van der Waals surface area contributed by atoms with Gasteiger partial charge < -0.3 is 10.2 Å². The average molecular weight is 386 g/mol. The fraction of sp³-hybridized carbons (Fsp3) is 0.667. The molecule has 0 bridgehead atoms. The first-order valence-electron chi connectivity index (χ1n) is 8.77. The van der Waals surface area contributed by atoms with Gasteiger partial charge in [-0.2, -0.15) is 31.3 Å². The SMILES string of the molecule is CCCCC(N=NC(CCCC)C(C#N)(C#N)C(=O)O)C(C#N)(C#N)C(=O)O. The smallest absolute Gasteiger partial charge is 0.341 e. The number of nitriles is 4. The molecule has 0 aromatic rings. The lowest BCUT2D eigenvalue weighted by Crippen LogP contribution is -2.41. The van der Waals surface area contributed by atoms with Crippen molar-refractivity contribution in [2.75, 3.05) is 0 Å². The van der Waals surface area contributed by atoms with E-state index in [1.54, 1.807) is 0 Å². The Morgan fingerprint density at radius 2 is 1.07 bits per heavy atom. The highest BCUT2D eigenvalue weighted by molar-refractivity contribution is 5.83. The summed E-state index contributed by atoms with van der Waals surface area (Å²) >= 11 is 0. The zero-order valence-electron chi connectivity index (χ0n) is 15.8. The summed E-state index contributed by atoms with van der Waals surface area (Å²) in [6.07, 6.45) is 2.26. The predicted octanol–water partition coefficient (Wildman–Crippen LogP) is 2.79. The molecule has 0 radical (unpaired) electrons. The number of nitrogens with zero attached hydrogens (tertiary/aromatic N) is 6. The van der Waals surface area contributed by atoms with Crippen molar-refractivity contribution in [3.8, 4) is 24.3 Å². The van der Waals surface area contributed by atoms with Crippen LogP contribution in [0.1, 0.15) is 52.4 Å². The maximum Gasteiger partial charge on any atom is 0.341 e. The molecule has 0 amide bonds. The van der Waals surface area contributed by atoms with E-state index in [-0.39, 0.29) is 12.8 Å². The van der Waals surface area contributed by atoms with E-state index in [1.807, 2.05) is 13.8 Å². The number of hydrogen-bond donors (Lipinski definition) is 2. The lowest BCUT2D eigenvalue weighted by atomic mass is 9.80. The van der Waals surface area contributed by atoms with Gasteiger partial charge in [0.1, 0.15) is 12.1 Å². The number of rotatable bonds is 12. The van der Waals surface area contributed by atoms with Gasteiger partial charge in [-0.15, -0.1) is 0 Å². The van der Waals surface area contributed by atoms with Crippen molar-refractivity contribution in [1.29, 1.82) is 21.0 Å². The normalized spacial score (nSPS) is 13.5. The highest BCUT2D eigenvalue weighted by Crippen LogP contribution is 2.32. The van der Waals surface area contributed by atoms with Crippen molar-refractivity contribution < 1.29 is 19.8 Å². The summed E-state index contributed by atoms with van der Waals surface area (Å²) in [6.45, 7) is 3.64. The van der Waals surface area contributed by atoms with Crippen LogP contribution >= 0.6 is 0 Å². The molecule has 2 atom stereocenters. The minimum atomic E-state index is -2.50. The third-order valence-electron chi connectivity index (χ3n) is 4.39. The Kier molecular flexibility index (Phi) is 9.86. The zero-order chi connectivity index (χ0) is 21.8. The molecular weight excluding hydrogens is 364 g/mol. The third kappa shape index (κ3) is 5.02. The first kappa shape index (κ1) is 24.5. The number of carbonyl (C=O) groups is 2. The molecular formula is C18H22N6O4. The summed E-state index contributed by atoms with van der Waals surface area (Å²) in [5, 5.41) is 63.7. The quantitative estimate of drug-likeness (QED) is 0.477. The summed E-state index contributed by atoms with van der Waals surface area (Å²) in [6, 6.07) is 3.14. The lowest BCUT2D eigenvalue weighted by Gasteiger charge is -2.24. The summed E-state index contributed by atoms with van der Waals surface area (Å²) in [5.74, 6) is -3.37. The molecule has 0 aliphatic carbocycles. The molecule has 0 rings (SSSR count). The van der Waals surface area contributed by atoms with E-state index < -0.39 is 34.9 Å². The van der Waals surface area contributed by atoms with Crippen LogP contribution in [0.15, 0.2) is 10.2 Å². The van der Waals surface area contributed by atoms with E-state index in [0.29, 0.717) is 25.7 Å². The predicted molar refractivity (Wildman–Crippen MR) is 94.1 cm³/mol. The molecule has 10 nitrogen and oxygen atoms in total. The van der Waals surface area contributed by atoms with Gasteiger partial charge in [-0.1, -0.05) is 39.5 Å². The molecule has 0 aliphatic rings. The van der Waals surface area contributed by atoms with Gasteiger partial charge in [0, 0.05) is 0 Å². The van der Waals surface area contributed by atoms with Gasteiger partial charge in [0.05, 0.1) is 24.3 Å². The molecule has 0 spiro atoms. The zero-order valence-corrected chi connectivity index (χ0v) is 15.8. The molecule has 2 N–H and O–H groups in total. The van der Waals surface area contributed by atoms with Crippen LogP contribution in [0.4, 0.5) is 0 Å². The van der Waals surface area contributed by atoms with E-state index in [4.69, 9.17) is 0 Å². The summed E-state index contributed by atoms with van der Waals surface area (Å²) < 4.78 is 0. The minimum absolute atomic E-state index is 0.0487. The summed E-state index contributed by atoms with van der Waals surface area (Å²) in [4.78, 5) is 23.2. The van der Waals surface area contributed by atoms with Crippen LogP contribution in [0, 0.1) is 56.2 Å². The molecule has 0 fully saturated rings. The van der Waals surface area contributed by atoms with Crippen molar-refractivity contribution in [2.24, 2.45) is 21.1 Å². The lowest BCUT2D eigenvalue weighted by molar-refractivity contribution is -0.145. The fourth-order valence-corrected chi connectivity index (χ4v) is 2.50. The molecule has 0 heterocycles. The monoisotopic (exact) mass is 386 g/mol. The van der Waals surface area contributed by atoms with Crippen molar-refractivity contribution in [3.05, 3.63) is 0 Å². The minimum Gasteiger partial charge on any atom is -0.479 e. The number of aliphatic carboxylic acids is 2. The van der Waals surface area contributed by atoms with Crippen LogP contribution in [-0.4, -0.2) is 34.2 Å².